The van der Waals surface area contributed by atoms with E-state index >= 15 is 0 Å². The van der Waals surface area contributed by atoms with Crippen LogP contribution >= 0.6 is 0 Å². The summed E-state index contributed by atoms with van der Waals surface area (Å²) in [5, 5.41) is 9.28. The van der Waals surface area contributed by atoms with Crippen LogP contribution in [-0.2, 0) is 0 Å². The van der Waals surface area contributed by atoms with E-state index in [1.165, 1.54) is 19.2 Å². The number of aromatic amines is 2. The molecular weight excluding hydrogens is 429 g/mol. The number of halogens is 1. The number of benzene rings is 1. The number of allylic oxidation sites excluding steroid dienone is 5. The van der Waals surface area contributed by atoms with Crippen LogP contribution in [-0.4, -0.2) is 32.3 Å². The molecule has 0 amide bonds. The van der Waals surface area contributed by atoms with Gasteiger partial charge in [0.15, 0.2) is 5.65 Å². The van der Waals surface area contributed by atoms with E-state index in [4.69, 9.17) is 4.74 Å². The number of ether oxygens (including phenoxy) is 1. The Bertz CT molecular complexity index is 1590. The van der Waals surface area contributed by atoms with Crippen molar-refractivity contribution in [2.75, 3.05) is 7.11 Å². The van der Waals surface area contributed by atoms with Crippen LogP contribution in [0.3, 0.4) is 0 Å². The van der Waals surface area contributed by atoms with Crippen LogP contribution in [0.25, 0.3) is 50.0 Å². The lowest BCUT2D eigenvalue weighted by Crippen LogP contribution is -1.88. The van der Waals surface area contributed by atoms with Crippen LogP contribution in [0.2, 0.25) is 0 Å². The fraction of sp³-hybridized carbons (Fsp3) is 0.0741. The van der Waals surface area contributed by atoms with Crippen molar-refractivity contribution >= 4 is 27.5 Å². The predicted octanol–water partition coefficient (Wildman–Crippen LogP) is 6.46. The molecule has 0 atom stereocenters. The highest BCUT2D eigenvalue weighted by Gasteiger charge is 2.15. The van der Waals surface area contributed by atoms with E-state index in [-0.39, 0.29) is 5.82 Å². The van der Waals surface area contributed by atoms with Crippen molar-refractivity contribution in [2.45, 2.75) is 6.92 Å². The molecule has 34 heavy (non-hydrogen) atoms. The van der Waals surface area contributed by atoms with E-state index in [9.17, 15) is 4.39 Å². The van der Waals surface area contributed by atoms with Crippen LogP contribution < -0.4 is 4.74 Å². The van der Waals surface area contributed by atoms with E-state index in [0.717, 1.165) is 44.4 Å². The average Bonchev–Trinajstić information content (AvgIpc) is 3.47. The van der Waals surface area contributed by atoms with Gasteiger partial charge in [0.2, 0.25) is 0 Å². The highest BCUT2D eigenvalue weighted by atomic mass is 19.1. The summed E-state index contributed by atoms with van der Waals surface area (Å²) in [6, 6.07) is 8.69. The van der Waals surface area contributed by atoms with Crippen molar-refractivity contribution in [3.63, 3.8) is 0 Å². The Balaban J connectivity index is 1.64. The van der Waals surface area contributed by atoms with Crippen LogP contribution in [0.5, 0.6) is 5.75 Å². The van der Waals surface area contributed by atoms with Crippen LogP contribution in [0, 0.1) is 5.82 Å². The van der Waals surface area contributed by atoms with Crippen molar-refractivity contribution in [3.8, 4) is 28.3 Å². The number of hydrogen-bond donors (Lipinski definition) is 2. The lowest BCUT2D eigenvalue weighted by molar-refractivity contribution is 0.411. The van der Waals surface area contributed by atoms with Gasteiger partial charge in [-0.3, -0.25) is 10.1 Å². The van der Waals surface area contributed by atoms with Crippen LogP contribution in [0.1, 0.15) is 12.5 Å². The first-order valence-electron chi connectivity index (χ1n) is 10.7. The summed E-state index contributed by atoms with van der Waals surface area (Å²) in [6.45, 7) is 5.72. The molecule has 0 unspecified atom stereocenters. The Morgan fingerprint density at radius 3 is 2.76 bits per heavy atom. The number of fused-ring (bicyclic) bond motifs is 2. The Morgan fingerprint density at radius 1 is 1.09 bits per heavy atom. The minimum absolute atomic E-state index is 0.370. The zero-order valence-corrected chi connectivity index (χ0v) is 18.8. The number of hydrogen-bond acceptors (Lipinski definition) is 4. The Labute approximate surface area is 195 Å². The molecule has 0 aliphatic heterocycles. The van der Waals surface area contributed by atoms with E-state index in [1.807, 2.05) is 31.2 Å². The third-order valence-corrected chi connectivity index (χ3v) is 5.70. The second kappa shape index (κ2) is 8.78. The molecule has 5 rings (SSSR count). The van der Waals surface area contributed by atoms with Gasteiger partial charge in [0, 0.05) is 40.4 Å². The normalized spacial score (nSPS) is 12.1. The molecule has 0 aliphatic carbocycles. The fourth-order valence-electron chi connectivity index (χ4n) is 4.05. The number of rotatable bonds is 6. The monoisotopic (exact) mass is 451 g/mol. The quantitative estimate of drug-likeness (QED) is 0.290. The zero-order valence-electron chi connectivity index (χ0n) is 18.8. The molecule has 168 valence electrons. The van der Waals surface area contributed by atoms with Gasteiger partial charge < -0.3 is 9.72 Å². The molecule has 0 spiro atoms. The largest absolute Gasteiger partial charge is 0.497 e. The molecule has 0 aliphatic rings. The molecule has 2 N–H and O–H groups in total. The molecule has 1 aromatic carbocycles. The van der Waals surface area contributed by atoms with E-state index < -0.39 is 0 Å². The lowest BCUT2D eigenvalue weighted by Gasteiger charge is -2.06. The molecule has 0 fully saturated rings. The summed E-state index contributed by atoms with van der Waals surface area (Å²) in [4.78, 5) is 12.3. The Morgan fingerprint density at radius 2 is 1.97 bits per heavy atom. The van der Waals surface area contributed by atoms with Gasteiger partial charge >= 0.3 is 0 Å². The van der Waals surface area contributed by atoms with Gasteiger partial charge in [0.1, 0.15) is 11.6 Å². The minimum Gasteiger partial charge on any atom is -0.497 e. The third kappa shape index (κ3) is 3.77. The number of methoxy groups -OCH3 is 1. The molecule has 0 saturated carbocycles. The second-order valence-corrected chi connectivity index (χ2v) is 7.74. The number of nitrogens with one attached hydrogen (secondary N) is 2. The maximum absolute atomic E-state index is 14.2. The Kier molecular flexibility index (Phi) is 5.51. The van der Waals surface area contributed by atoms with Gasteiger partial charge in [-0.2, -0.15) is 5.10 Å². The van der Waals surface area contributed by atoms with Crippen molar-refractivity contribution < 1.29 is 9.13 Å². The SMILES string of the molecule is C=C/C=C\C(=C/C)c1cnc2n[nH]c(-c3cc4c(-c5cc(F)cc(OC)c5)cncc4[nH]3)c2c1. The highest BCUT2D eigenvalue weighted by Crippen LogP contribution is 2.35. The van der Waals surface area contributed by atoms with Gasteiger partial charge in [-0.05, 0) is 42.3 Å². The van der Waals surface area contributed by atoms with Gasteiger partial charge in [-0.15, -0.1) is 0 Å². The highest BCUT2D eigenvalue weighted by molar-refractivity contribution is 6.00. The van der Waals surface area contributed by atoms with E-state index in [2.05, 4.69) is 37.8 Å². The smallest absolute Gasteiger partial charge is 0.181 e. The summed E-state index contributed by atoms with van der Waals surface area (Å²) >= 11 is 0. The van der Waals surface area contributed by atoms with Crippen molar-refractivity contribution in [1.29, 1.82) is 0 Å². The molecule has 4 aromatic heterocycles. The topological polar surface area (TPSA) is 79.5 Å². The summed E-state index contributed by atoms with van der Waals surface area (Å²) in [5.41, 5.74) is 6.58. The first-order valence-corrected chi connectivity index (χ1v) is 10.7. The summed E-state index contributed by atoms with van der Waals surface area (Å²) in [7, 11) is 1.52. The molecular formula is C27H22FN5O. The lowest BCUT2D eigenvalue weighted by atomic mass is 10.0. The van der Waals surface area contributed by atoms with Crippen molar-refractivity contribution in [2.24, 2.45) is 0 Å². The van der Waals surface area contributed by atoms with Gasteiger partial charge in [0.25, 0.3) is 0 Å². The molecule has 0 saturated heterocycles. The number of pyridine rings is 2. The Hall–Kier alpha value is -4.52. The van der Waals surface area contributed by atoms with Gasteiger partial charge in [-0.25, -0.2) is 9.37 Å². The second-order valence-electron chi connectivity index (χ2n) is 7.74. The molecule has 5 aromatic rings. The standard InChI is InChI=1S/C27H22FN5O/c1-4-6-7-16(5-2)18-10-22-26(32-33-27(22)30-13-18)24-12-21-23(14-29-15-25(21)31-24)17-8-19(28)11-20(9-17)34-3/h4-15,31H,1H2,2-3H3,(H,30,32,33)/b7-6-,16-5+. The maximum Gasteiger partial charge on any atom is 0.181 e. The van der Waals surface area contributed by atoms with E-state index in [0.29, 0.717) is 17.0 Å². The molecule has 4 heterocycles. The average molecular weight is 452 g/mol. The zero-order chi connectivity index (χ0) is 23.7. The van der Waals surface area contributed by atoms with E-state index in [1.54, 1.807) is 30.7 Å². The van der Waals surface area contributed by atoms with Gasteiger partial charge in [-0.1, -0.05) is 30.9 Å². The number of aromatic nitrogens is 5. The fourth-order valence-corrected chi connectivity index (χ4v) is 4.05. The minimum atomic E-state index is -0.370. The van der Waals surface area contributed by atoms with Gasteiger partial charge in [0.05, 0.1) is 30.2 Å². The first kappa shape index (κ1) is 21.3. The third-order valence-electron chi connectivity index (χ3n) is 5.70. The molecule has 6 nitrogen and oxygen atoms in total. The maximum atomic E-state index is 14.2. The first-order chi connectivity index (χ1) is 16.6. The summed E-state index contributed by atoms with van der Waals surface area (Å²) in [6.07, 6.45) is 12.9. The summed E-state index contributed by atoms with van der Waals surface area (Å²) in [5.74, 6) is 0.0804. The summed E-state index contributed by atoms with van der Waals surface area (Å²) < 4.78 is 19.4. The molecule has 7 heteroatoms. The van der Waals surface area contributed by atoms with Crippen LogP contribution in [0.4, 0.5) is 4.39 Å². The number of H-pyrrole nitrogens is 2. The number of nitrogens with zero attached hydrogens (tertiary/aromatic N) is 3. The van der Waals surface area contributed by atoms with Crippen molar-refractivity contribution in [3.05, 3.63) is 91.2 Å². The van der Waals surface area contributed by atoms with Crippen molar-refractivity contribution in [1.82, 2.24) is 25.1 Å². The predicted molar refractivity (Wildman–Crippen MR) is 134 cm³/mol. The molecule has 0 bridgehead atoms. The van der Waals surface area contributed by atoms with Crippen LogP contribution in [0.15, 0.2) is 79.8 Å². The molecule has 0 radical (unpaired) electrons.